The van der Waals surface area contributed by atoms with Crippen molar-refractivity contribution in [3.63, 3.8) is 0 Å². The van der Waals surface area contributed by atoms with E-state index in [0.29, 0.717) is 5.69 Å². The molecule has 0 aliphatic carbocycles. The molecule has 0 bridgehead atoms. The van der Waals surface area contributed by atoms with Gasteiger partial charge in [-0.05, 0) is 0 Å². The highest BCUT2D eigenvalue weighted by atomic mass is 19.1. The van der Waals surface area contributed by atoms with E-state index in [0.717, 1.165) is 0 Å². The number of aromatic nitrogens is 2. The Morgan fingerprint density at radius 1 is 1.75 bits per heavy atom. The summed E-state index contributed by atoms with van der Waals surface area (Å²) in [4.78, 5) is 14.0. The van der Waals surface area contributed by atoms with E-state index in [1.807, 2.05) is 0 Å². The molecule has 0 aliphatic rings. The third kappa shape index (κ3) is 2.05. The summed E-state index contributed by atoms with van der Waals surface area (Å²) in [7, 11) is 0. The minimum absolute atomic E-state index is 0.111. The van der Waals surface area contributed by atoms with Crippen LogP contribution in [-0.2, 0) is 17.8 Å². The second-order valence-corrected chi connectivity index (χ2v) is 2.34. The molecule has 0 amide bonds. The van der Waals surface area contributed by atoms with Crippen LogP contribution in [0.15, 0.2) is 12.5 Å². The van der Waals surface area contributed by atoms with Gasteiger partial charge >= 0.3 is 5.97 Å². The van der Waals surface area contributed by atoms with Gasteiger partial charge in [0.25, 0.3) is 0 Å². The van der Waals surface area contributed by atoms with Crippen molar-refractivity contribution in [2.75, 3.05) is 6.67 Å². The first kappa shape index (κ1) is 8.70. The lowest BCUT2D eigenvalue weighted by molar-refractivity contribution is -0.136. The molecule has 0 saturated heterocycles. The fourth-order valence-electron chi connectivity index (χ4n) is 0.943. The van der Waals surface area contributed by atoms with Gasteiger partial charge in [-0.1, -0.05) is 0 Å². The van der Waals surface area contributed by atoms with Gasteiger partial charge in [-0.15, -0.1) is 0 Å². The molecule has 66 valence electrons. The van der Waals surface area contributed by atoms with E-state index in [2.05, 4.69) is 4.98 Å². The minimum Gasteiger partial charge on any atom is -0.481 e. The van der Waals surface area contributed by atoms with E-state index in [9.17, 15) is 9.18 Å². The molecule has 0 saturated carbocycles. The Hall–Kier alpha value is -1.39. The highest BCUT2D eigenvalue weighted by Crippen LogP contribution is 2.00. The summed E-state index contributed by atoms with van der Waals surface area (Å²) in [6, 6.07) is 0. The molecule has 4 nitrogen and oxygen atoms in total. The number of alkyl halides is 1. The molecule has 12 heavy (non-hydrogen) atoms. The Labute approximate surface area is 68.7 Å². The van der Waals surface area contributed by atoms with Crippen molar-refractivity contribution in [2.45, 2.75) is 13.0 Å². The zero-order chi connectivity index (χ0) is 8.97. The third-order valence-corrected chi connectivity index (χ3v) is 1.46. The van der Waals surface area contributed by atoms with Crippen molar-refractivity contribution in [3.05, 3.63) is 18.2 Å². The lowest BCUT2D eigenvalue weighted by atomic mass is 10.3. The molecule has 0 aliphatic heterocycles. The molecule has 1 aromatic rings. The summed E-state index contributed by atoms with van der Waals surface area (Å²) in [6.07, 6.45) is 2.75. The number of nitrogens with zero attached hydrogens (tertiary/aromatic N) is 2. The van der Waals surface area contributed by atoms with Crippen LogP contribution in [0.2, 0.25) is 0 Å². The predicted molar refractivity (Wildman–Crippen MR) is 39.5 cm³/mol. The number of halogens is 1. The van der Waals surface area contributed by atoms with Crippen LogP contribution >= 0.6 is 0 Å². The van der Waals surface area contributed by atoms with E-state index in [-0.39, 0.29) is 13.0 Å². The van der Waals surface area contributed by atoms with Gasteiger partial charge in [0.15, 0.2) is 0 Å². The summed E-state index contributed by atoms with van der Waals surface area (Å²) in [5, 5.41) is 8.44. The number of carboxylic acids is 1. The van der Waals surface area contributed by atoms with Crippen LogP contribution in [0.4, 0.5) is 4.39 Å². The van der Waals surface area contributed by atoms with Gasteiger partial charge in [-0.25, -0.2) is 9.37 Å². The number of imidazole rings is 1. The summed E-state index contributed by atoms with van der Waals surface area (Å²) in [5.41, 5.74) is 0.528. The molecule has 1 heterocycles. The van der Waals surface area contributed by atoms with Gasteiger partial charge in [0, 0.05) is 11.9 Å². The average Bonchev–Trinajstić information content (AvgIpc) is 2.37. The minimum atomic E-state index is -0.935. The summed E-state index contributed by atoms with van der Waals surface area (Å²) in [6.45, 7) is -0.342. The third-order valence-electron chi connectivity index (χ3n) is 1.46. The number of carbonyl (C=O) groups is 1. The summed E-state index contributed by atoms with van der Waals surface area (Å²) < 4.78 is 13.4. The number of aliphatic carboxylic acids is 1. The molecule has 0 unspecified atom stereocenters. The molecule has 0 aromatic carbocycles. The molecule has 5 heteroatoms. The summed E-state index contributed by atoms with van der Waals surface area (Å²) >= 11 is 0. The number of hydrogen-bond donors (Lipinski definition) is 1. The Morgan fingerprint density at radius 3 is 3.08 bits per heavy atom. The average molecular weight is 172 g/mol. The van der Waals surface area contributed by atoms with Crippen LogP contribution in [0.25, 0.3) is 0 Å². The Balaban J connectivity index is 2.69. The maximum absolute atomic E-state index is 11.9. The van der Waals surface area contributed by atoms with Gasteiger partial charge < -0.3 is 9.67 Å². The highest BCUT2D eigenvalue weighted by Gasteiger charge is 2.05. The van der Waals surface area contributed by atoms with Crippen molar-refractivity contribution in [3.8, 4) is 0 Å². The summed E-state index contributed by atoms with van der Waals surface area (Å²) in [5.74, 6) is -0.935. The smallest absolute Gasteiger partial charge is 0.309 e. The zero-order valence-electron chi connectivity index (χ0n) is 6.40. The Bertz CT molecular complexity index is 272. The van der Waals surface area contributed by atoms with Gasteiger partial charge in [0.05, 0.1) is 19.3 Å². The van der Waals surface area contributed by atoms with E-state index >= 15 is 0 Å². The fourth-order valence-corrected chi connectivity index (χ4v) is 0.943. The SMILES string of the molecule is O=C(O)Cc1cncn1CCF. The van der Waals surface area contributed by atoms with Crippen molar-refractivity contribution < 1.29 is 14.3 Å². The van der Waals surface area contributed by atoms with Gasteiger partial charge in [0.2, 0.25) is 0 Å². The molecule has 0 radical (unpaired) electrons. The van der Waals surface area contributed by atoms with Crippen molar-refractivity contribution in [1.82, 2.24) is 9.55 Å². The van der Waals surface area contributed by atoms with Crippen LogP contribution in [0.1, 0.15) is 5.69 Å². The fraction of sp³-hybridized carbons (Fsp3) is 0.429. The van der Waals surface area contributed by atoms with Crippen molar-refractivity contribution in [2.24, 2.45) is 0 Å². The molecular formula is C7H9FN2O2. The highest BCUT2D eigenvalue weighted by molar-refractivity contribution is 5.69. The van der Waals surface area contributed by atoms with E-state index in [1.54, 1.807) is 0 Å². The second-order valence-electron chi connectivity index (χ2n) is 2.34. The maximum Gasteiger partial charge on any atom is 0.309 e. The number of hydrogen-bond acceptors (Lipinski definition) is 2. The first-order valence-corrected chi connectivity index (χ1v) is 3.51. The van der Waals surface area contributed by atoms with E-state index in [4.69, 9.17) is 5.11 Å². The van der Waals surface area contributed by atoms with E-state index < -0.39 is 12.6 Å². The number of aryl methyl sites for hydroxylation is 1. The maximum atomic E-state index is 11.9. The second kappa shape index (κ2) is 3.85. The monoisotopic (exact) mass is 172 g/mol. The Morgan fingerprint density at radius 2 is 2.50 bits per heavy atom. The molecular weight excluding hydrogens is 163 g/mol. The van der Waals surface area contributed by atoms with Crippen molar-refractivity contribution >= 4 is 5.97 Å². The van der Waals surface area contributed by atoms with Crippen molar-refractivity contribution in [1.29, 1.82) is 0 Å². The van der Waals surface area contributed by atoms with Crippen LogP contribution in [0.3, 0.4) is 0 Å². The lowest BCUT2D eigenvalue weighted by Crippen LogP contribution is -2.08. The quantitative estimate of drug-likeness (QED) is 0.718. The molecule has 0 atom stereocenters. The first-order chi connectivity index (χ1) is 5.74. The first-order valence-electron chi connectivity index (χ1n) is 3.51. The Kier molecular flexibility index (Phi) is 2.79. The van der Waals surface area contributed by atoms with Crippen LogP contribution in [-0.4, -0.2) is 27.3 Å². The molecule has 1 N–H and O–H groups in total. The topological polar surface area (TPSA) is 55.1 Å². The largest absolute Gasteiger partial charge is 0.481 e. The standard InChI is InChI=1S/C7H9FN2O2/c8-1-2-10-5-9-4-6(10)3-7(11)12/h4-5H,1-3H2,(H,11,12). The molecule has 0 spiro atoms. The van der Waals surface area contributed by atoms with Gasteiger partial charge in [-0.2, -0.15) is 0 Å². The normalized spacial score (nSPS) is 10.1. The van der Waals surface area contributed by atoms with Crippen LogP contribution in [0.5, 0.6) is 0 Å². The van der Waals surface area contributed by atoms with Crippen LogP contribution in [0, 0.1) is 0 Å². The lowest BCUT2D eigenvalue weighted by Gasteiger charge is -2.01. The predicted octanol–water partition coefficient (Wildman–Crippen LogP) is 0.480. The van der Waals surface area contributed by atoms with Crippen LogP contribution < -0.4 is 0 Å². The van der Waals surface area contributed by atoms with Gasteiger partial charge in [-0.3, -0.25) is 4.79 Å². The zero-order valence-corrected chi connectivity index (χ0v) is 6.40. The number of rotatable bonds is 4. The molecule has 1 aromatic heterocycles. The molecule has 0 fully saturated rings. The van der Waals surface area contributed by atoms with Gasteiger partial charge in [0.1, 0.15) is 6.67 Å². The van der Waals surface area contributed by atoms with E-state index in [1.165, 1.54) is 17.1 Å². The number of carboxylic acid groups (broad SMARTS) is 1. The molecule has 1 rings (SSSR count).